The summed E-state index contributed by atoms with van der Waals surface area (Å²) in [4.78, 5) is 11.4. The Morgan fingerprint density at radius 3 is 2.90 bits per heavy atom. The second-order valence-corrected chi connectivity index (χ2v) is 5.37. The molecule has 0 spiro atoms. The smallest absolute Gasteiger partial charge is 0.150 e. The SMILES string of the molecule is O=Cc1cc2c3c(ccccc1-3)CC1=CC=CC=CC12. The molecule has 0 aromatic carbocycles. The molecule has 0 saturated heterocycles. The molecule has 0 aromatic heterocycles. The Bertz CT molecular complexity index is 762. The van der Waals surface area contributed by atoms with E-state index in [9.17, 15) is 4.79 Å². The summed E-state index contributed by atoms with van der Waals surface area (Å²) in [6.07, 6.45) is 12.6. The van der Waals surface area contributed by atoms with E-state index < -0.39 is 0 Å². The zero-order valence-electron chi connectivity index (χ0n) is 11.0. The minimum atomic E-state index is 0.302. The van der Waals surface area contributed by atoms with Crippen LogP contribution in [-0.4, -0.2) is 6.29 Å². The minimum Gasteiger partial charge on any atom is -0.298 e. The quantitative estimate of drug-likeness (QED) is 0.697. The predicted molar refractivity (Wildman–Crippen MR) is 81.3 cm³/mol. The predicted octanol–water partition coefficient (Wildman–Crippen LogP) is 4.30. The van der Waals surface area contributed by atoms with Crippen molar-refractivity contribution in [1.82, 2.24) is 0 Å². The lowest BCUT2D eigenvalue weighted by Gasteiger charge is -2.24. The van der Waals surface area contributed by atoms with Gasteiger partial charge in [-0.05, 0) is 34.7 Å². The monoisotopic (exact) mass is 258 g/mol. The number of aldehydes is 1. The number of carbonyl (C=O) groups excluding carboxylic acids is 1. The third-order valence-electron chi connectivity index (χ3n) is 4.26. The van der Waals surface area contributed by atoms with Crippen molar-refractivity contribution in [3.05, 3.63) is 83.0 Å². The fourth-order valence-corrected chi connectivity index (χ4v) is 3.39. The summed E-state index contributed by atoms with van der Waals surface area (Å²) >= 11 is 0. The van der Waals surface area contributed by atoms with Crippen LogP contribution < -0.4 is 0 Å². The first-order chi connectivity index (χ1) is 9.88. The Labute approximate surface area is 118 Å². The van der Waals surface area contributed by atoms with Crippen molar-refractivity contribution in [2.75, 3.05) is 0 Å². The van der Waals surface area contributed by atoms with Gasteiger partial charge in [-0.15, -0.1) is 0 Å². The molecule has 20 heavy (non-hydrogen) atoms. The van der Waals surface area contributed by atoms with Crippen LogP contribution in [-0.2, 0) is 6.42 Å². The van der Waals surface area contributed by atoms with Gasteiger partial charge in [0.25, 0.3) is 0 Å². The number of allylic oxidation sites excluding steroid dienone is 6. The molecule has 0 N–H and O–H groups in total. The largest absolute Gasteiger partial charge is 0.298 e. The zero-order valence-corrected chi connectivity index (χ0v) is 11.0. The van der Waals surface area contributed by atoms with E-state index in [1.165, 1.54) is 22.3 Å². The standard InChI is InChI=1S/C19H14O/c20-12-15-11-18-16-8-3-1-2-6-13(16)10-14-7-4-5-9-17(15)19(14)18/h1-9,11-12,16H,10H2. The Morgan fingerprint density at radius 2 is 2.00 bits per heavy atom. The Balaban J connectivity index is 2.06. The van der Waals surface area contributed by atoms with Gasteiger partial charge in [0.2, 0.25) is 0 Å². The lowest BCUT2D eigenvalue weighted by atomic mass is 9.79. The average Bonchev–Trinajstić information content (AvgIpc) is 2.63. The van der Waals surface area contributed by atoms with E-state index in [4.69, 9.17) is 0 Å². The molecule has 0 radical (unpaired) electrons. The van der Waals surface area contributed by atoms with Crippen LogP contribution in [0.4, 0.5) is 0 Å². The van der Waals surface area contributed by atoms with Gasteiger partial charge >= 0.3 is 0 Å². The molecule has 4 aliphatic carbocycles. The van der Waals surface area contributed by atoms with Gasteiger partial charge < -0.3 is 0 Å². The molecule has 0 aromatic rings. The van der Waals surface area contributed by atoms with Crippen molar-refractivity contribution in [1.29, 1.82) is 0 Å². The van der Waals surface area contributed by atoms with E-state index in [2.05, 4.69) is 54.6 Å². The molecule has 1 nitrogen and oxygen atoms in total. The summed E-state index contributed by atoms with van der Waals surface area (Å²) in [7, 11) is 0. The van der Waals surface area contributed by atoms with Gasteiger partial charge in [-0.1, -0.05) is 60.2 Å². The van der Waals surface area contributed by atoms with Gasteiger partial charge in [-0.3, -0.25) is 4.79 Å². The number of hydrogen-bond donors (Lipinski definition) is 0. The normalized spacial score (nSPS) is 19.4. The van der Waals surface area contributed by atoms with Crippen LogP contribution in [0.1, 0.15) is 27.4 Å². The summed E-state index contributed by atoms with van der Waals surface area (Å²) in [5, 5.41) is 0. The Hall–Kier alpha value is -2.41. The molecule has 0 amide bonds. The van der Waals surface area contributed by atoms with Crippen LogP contribution in [0.5, 0.6) is 0 Å². The molecule has 96 valence electrons. The van der Waals surface area contributed by atoms with Crippen LogP contribution in [0.3, 0.4) is 0 Å². The topological polar surface area (TPSA) is 17.1 Å². The highest BCUT2D eigenvalue weighted by Crippen LogP contribution is 2.46. The summed E-state index contributed by atoms with van der Waals surface area (Å²) in [5.74, 6) is 0.302. The molecule has 0 bridgehead atoms. The van der Waals surface area contributed by atoms with Gasteiger partial charge in [-0.2, -0.15) is 0 Å². The number of fused-ring (bicyclic) bond motifs is 2. The number of rotatable bonds is 1. The second-order valence-electron chi connectivity index (χ2n) is 5.37. The lowest BCUT2D eigenvalue weighted by Crippen LogP contribution is -2.09. The van der Waals surface area contributed by atoms with Crippen molar-refractivity contribution in [3.63, 3.8) is 0 Å². The molecule has 0 heterocycles. The third kappa shape index (κ3) is 1.53. The zero-order chi connectivity index (χ0) is 13.5. The summed E-state index contributed by atoms with van der Waals surface area (Å²) < 4.78 is 0. The van der Waals surface area contributed by atoms with E-state index in [1.807, 2.05) is 6.07 Å². The van der Waals surface area contributed by atoms with Crippen molar-refractivity contribution >= 4 is 6.29 Å². The minimum absolute atomic E-state index is 0.302. The molecule has 4 aliphatic rings. The van der Waals surface area contributed by atoms with Gasteiger partial charge in [0, 0.05) is 11.5 Å². The molecule has 1 unspecified atom stereocenters. The van der Waals surface area contributed by atoms with Crippen molar-refractivity contribution in [2.24, 2.45) is 0 Å². The fourth-order valence-electron chi connectivity index (χ4n) is 3.39. The summed E-state index contributed by atoms with van der Waals surface area (Å²) in [5.41, 5.74) is 7.15. The molecule has 4 rings (SSSR count). The highest BCUT2D eigenvalue weighted by atomic mass is 16.1. The van der Waals surface area contributed by atoms with Crippen molar-refractivity contribution < 1.29 is 4.79 Å². The first-order valence-electron chi connectivity index (χ1n) is 6.92. The van der Waals surface area contributed by atoms with Gasteiger partial charge in [0.1, 0.15) is 0 Å². The second kappa shape index (κ2) is 4.31. The van der Waals surface area contributed by atoms with Crippen molar-refractivity contribution in [3.8, 4) is 11.1 Å². The Kier molecular flexibility index (Phi) is 2.46. The molecule has 0 saturated carbocycles. The van der Waals surface area contributed by atoms with E-state index in [0.29, 0.717) is 5.92 Å². The van der Waals surface area contributed by atoms with Gasteiger partial charge in [0.05, 0.1) is 0 Å². The fraction of sp³-hybridized carbons (Fsp3) is 0.105. The number of hydrogen-bond acceptors (Lipinski definition) is 1. The molecule has 1 heteroatoms. The van der Waals surface area contributed by atoms with Crippen molar-refractivity contribution in [2.45, 2.75) is 12.3 Å². The highest BCUT2D eigenvalue weighted by Gasteiger charge is 2.29. The average molecular weight is 258 g/mol. The molecule has 0 aliphatic heterocycles. The highest BCUT2D eigenvalue weighted by molar-refractivity contribution is 5.94. The summed E-state index contributed by atoms with van der Waals surface area (Å²) in [6, 6.07) is 10.4. The maximum absolute atomic E-state index is 11.4. The van der Waals surface area contributed by atoms with E-state index >= 15 is 0 Å². The van der Waals surface area contributed by atoms with Crippen LogP contribution >= 0.6 is 0 Å². The molecular formula is C19H14O. The maximum Gasteiger partial charge on any atom is 0.150 e. The van der Waals surface area contributed by atoms with Crippen LogP contribution in [0, 0.1) is 0 Å². The van der Waals surface area contributed by atoms with Crippen LogP contribution in [0.15, 0.2) is 66.3 Å². The molecule has 0 fully saturated rings. The Morgan fingerprint density at radius 1 is 1.10 bits per heavy atom. The number of carbonyl (C=O) groups is 1. The summed E-state index contributed by atoms with van der Waals surface area (Å²) in [6.45, 7) is 0. The van der Waals surface area contributed by atoms with E-state index in [0.717, 1.165) is 23.8 Å². The molecular weight excluding hydrogens is 244 g/mol. The maximum atomic E-state index is 11.4. The van der Waals surface area contributed by atoms with E-state index in [1.54, 1.807) is 0 Å². The van der Waals surface area contributed by atoms with Gasteiger partial charge in [0.15, 0.2) is 6.29 Å². The first-order valence-corrected chi connectivity index (χ1v) is 6.92. The van der Waals surface area contributed by atoms with Crippen LogP contribution in [0.25, 0.3) is 11.1 Å². The lowest BCUT2D eigenvalue weighted by molar-refractivity contribution is 0.112. The first kappa shape index (κ1) is 11.4. The van der Waals surface area contributed by atoms with E-state index in [-0.39, 0.29) is 0 Å². The molecule has 1 atom stereocenters. The third-order valence-corrected chi connectivity index (χ3v) is 4.26. The van der Waals surface area contributed by atoms with Crippen LogP contribution in [0.2, 0.25) is 0 Å². The van der Waals surface area contributed by atoms with Gasteiger partial charge in [-0.25, -0.2) is 0 Å².